The third-order valence-corrected chi connectivity index (χ3v) is 6.11. The van der Waals surface area contributed by atoms with E-state index in [-0.39, 0.29) is 18.0 Å². The molecule has 1 fully saturated rings. The summed E-state index contributed by atoms with van der Waals surface area (Å²) in [7, 11) is 3.93. The van der Waals surface area contributed by atoms with E-state index in [1.54, 1.807) is 4.68 Å². The highest BCUT2D eigenvalue weighted by Crippen LogP contribution is 2.28. The van der Waals surface area contributed by atoms with Crippen molar-refractivity contribution in [2.24, 2.45) is 7.05 Å². The second-order valence-electron chi connectivity index (χ2n) is 6.92. The van der Waals surface area contributed by atoms with Crippen LogP contribution in [0.15, 0.2) is 10.6 Å². The average molecular weight is 389 g/mol. The Morgan fingerprint density at radius 2 is 2.30 bits per heavy atom. The van der Waals surface area contributed by atoms with Gasteiger partial charge in [0.15, 0.2) is 5.82 Å². The summed E-state index contributed by atoms with van der Waals surface area (Å²) in [5, 5.41) is 15.8. The zero-order valence-electron chi connectivity index (χ0n) is 15.8. The highest BCUT2D eigenvalue weighted by Gasteiger charge is 2.27. The van der Waals surface area contributed by atoms with Crippen LogP contribution in [-0.2, 0) is 7.05 Å². The molecule has 3 aromatic rings. The molecule has 1 aliphatic heterocycles. The van der Waals surface area contributed by atoms with E-state index >= 15 is 0 Å². The van der Waals surface area contributed by atoms with E-state index < -0.39 is 0 Å². The Morgan fingerprint density at radius 3 is 3.04 bits per heavy atom. The minimum Gasteiger partial charge on any atom is -0.340 e. The first kappa shape index (κ1) is 18.1. The maximum Gasteiger partial charge on any atom is 0.262 e. The van der Waals surface area contributed by atoms with Crippen LogP contribution < -0.4 is 10.6 Å². The number of piperazine rings is 1. The third-order valence-electron chi connectivity index (χ3n) is 4.90. The van der Waals surface area contributed by atoms with Gasteiger partial charge in [0.25, 0.3) is 5.91 Å². The van der Waals surface area contributed by atoms with E-state index in [9.17, 15) is 4.79 Å². The summed E-state index contributed by atoms with van der Waals surface area (Å²) in [6.07, 6.45) is 0. The molecule has 9 nitrogen and oxygen atoms in total. The van der Waals surface area contributed by atoms with Crippen molar-refractivity contribution in [1.82, 2.24) is 35.5 Å². The van der Waals surface area contributed by atoms with Gasteiger partial charge in [0, 0.05) is 32.1 Å². The lowest BCUT2D eigenvalue weighted by molar-refractivity contribution is 0.0936. The number of rotatable bonds is 4. The number of fused-ring (bicyclic) bond motifs is 1. The summed E-state index contributed by atoms with van der Waals surface area (Å²) in [6, 6.07) is 1.59. The summed E-state index contributed by atoms with van der Waals surface area (Å²) in [5.41, 5.74) is 0.919. The Kier molecular flexibility index (Phi) is 4.70. The van der Waals surface area contributed by atoms with Crippen LogP contribution in [0.1, 0.15) is 46.1 Å². The topological polar surface area (TPSA) is 101 Å². The molecule has 1 aliphatic rings. The van der Waals surface area contributed by atoms with Gasteiger partial charge in [0.05, 0.1) is 16.6 Å². The predicted molar refractivity (Wildman–Crippen MR) is 102 cm³/mol. The maximum absolute atomic E-state index is 12.6. The van der Waals surface area contributed by atoms with Gasteiger partial charge in [-0.1, -0.05) is 5.16 Å². The van der Waals surface area contributed by atoms with Crippen LogP contribution >= 0.6 is 11.3 Å². The number of hydrogen-bond donors (Lipinski definition) is 2. The Bertz CT molecular complexity index is 941. The normalized spacial score (nSPS) is 19.5. The molecule has 144 valence electrons. The second-order valence-corrected chi connectivity index (χ2v) is 7.96. The van der Waals surface area contributed by atoms with Crippen LogP contribution in [-0.4, -0.2) is 57.4 Å². The molecule has 1 saturated heterocycles. The van der Waals surface area contributed by atoms with Crippen LogP contribution in [0.3, 0.4) is 0 Å². The Morgan fingerprint density at radius 1 is 1.48 bits per heavy atom. The molecule has 1 amide bonds. The first-order valence-corrected chi connectivity index (χ1v) is 9.74. The largest absolute Gasteiger partial charge is 0.340 e. The molecule has 4 rings (SSSR count). The Labute approximate surface area is 160 Å². The van der Waals surface area contributed by atoms with Gasteiger partial charge in [-0.25, -0.2) is 0 Å². The number of likely N-dealkylation sites (N-methyl/N-ethyl adjacent to an activating group) is 1. The summed E-state index contributed by atoms with van der Waals surface area (Å²) >= 11 is 1.43. The van der Waals surface area contributed by atoms with E-state index in [1.165, 1.54) is 11.3 Å². The number of nitrogens with zero attached hydrogens (tertiary/aromatic N) is 5. The molecule has 0 aromatic carbocycles. The van der Waals surface area contributed by atoms with Crippen molar-refractivity contribution >= 4 is 27.5 Å². The number of hydrogen-bond acceptors (Lipinski definition) is 8. The Hall–Kier alpha value is -2.30. The molecular formula is C17H23N7O2S. The molecule has 2 atom stereocenters. The number of amides is 1. The van der Waals surface area contributed by atoms with Crippen molar-refractivity contribution in [1.29, 1.82) is 0 Å². The van der Waals surface area contributed by atoms with Gasteiger partial charge in [0.1, 0.15) is 10.9 Å². The van der Waals surface area contributed by atoms with Gasteiger partial charge in [-0.3, -0.25) is 14.4 Å². The molecule has 27 heavy (non-hydrogen) atoms. The number of carbonyl (C=O) groups is 1. The molecule has 10 heteroatoms. The van der Waals surface area contributed by atoms with Crippen LogP contribution in [0.25, 0.3) is 10.2 Å². The number of nitrogens with one attached hydrogen (secondary N) is 2. The van der Waals surface area contributed by atoms with Gasteiger partial charge in [-0.2, -0.15) is 10.1 Å². The van der Waals surface area contributed by atoms with E-state index in [0.717, 1.165) is 35.5 Å². The van der Waals surface area contributed by atoms with Gasteiger partial charge in [-0.05, 0) is 27.0 Å². The quantitative estimate of drug-likeness (QED) is 0.695. The highest BCUT2D eigenvalue weighted by atomic mass is 32.1. The van der Waals surface area contributed by atoms with Crippen molar-refractivity contribution in [3.05, 3.63) is 28.4 Å². The fraction of sp³-hybridized carbons (Fsp3) is 0.529. The van der Waals surface area contributed by atoms with Gasteiger partial charge in [0.2, 0.25) is 5.89 Å². The summed E-state index contributed by atoms with van der Waals surface area (Å²) < 4.78 is 7.21. The first-order chi connectivity index (χ1) is 12.9. The van der Waals surface area contributed by atoms with Crippen LogP contribution in [0, 0.1) is 6.92 Å². The predicted octanol–water partition coefficient (Wildman–Crippen LogP) is 1.39. The molecule has 2 unspecified atom stereocenters. The summed E-state index contributed by atoms with van der Waals surface area (Å²) in [4.78, 5) is 21.0. The highest BCUT2D eigenvalue weighted by molar-refractivity contribution is 7.20. The van der Waals surface area contributed by atoms with Crippen molar-refractivity contribution in [3.8, 4) is 0 Å². The lowest BCUT2D eigenvalue weighted by Crippen LogP contribution is -2.44. The van der Waals surface area contributed by atoms with Crippen molar-refractivity contribution < 1.29 is 9.32 Å². The van der Waals surface area contributed by atoms with Crippen molar-refractivity contribution in [3.63, 3.8) is 0 Å². The summed E-state index contributed by atoms with van der Waals surface area (Å²) in [6.45, 7) is 6.45. The zero-order chi connectivity index (χ0) is 19.1. The number of carbonyl (C=O) groups excluding carboxylic acids is 1. The summed E-state index contributed by atoms with van der Waals surface area (Å²) in [5.74, 6) is 0.903. The van der Waals surface area contributed by atoms with Crippen molar-refractivity contribution in [2.45, 2.75) is 25.9 Å². The van der Waals surface area contributed by atoms with Gasteiger partial charge >= 0.3 is 0 Å². The molecule has 4 heterocycles. The lowest BCUT2D eigenvalue weighted by atomic mass is 10.2. The van der Waals surface area contributed by atoms with Crippen LogP contribution in [0.4, 0.5) is 0 Å². The monoisotopic (exact) mass is 389 g/mol. The third kappa shape index (κ3) is 3.35. The minimum atomic E-state index is -0.370. The van der Waals surface area contributed by atoms with Crippen LogP contribution in [0.5, 0.6) is 0 Å². The van der Waals surface area contributed by atoms with E-state index in [2.05, 4.69) is 30.8 Å². The van der Waals surface area contributed by atoms with E-state index in [1.807, 2.05) is 34.0 Å². The molecule has 0 bridgehead atoms. The molecule has 0 spiro atoms. The molecule has 0 aliphatic carbocycles. The number of aromatic nitrogens is 4. The molecular weight excluding hydrogens is 366 g/mol. The van der Waals surface area contributed by atoms with Crippen LogP contribution in [0.2, 0.25) is 0 Å². The molecule has 2 N–H and O–H groups in total. The van der Waals surface area contributed by atoms with E-state index in [0.29, 0.717) is 16.6 Å². The van der Waals surface area contributed by atoms with Crippen molar-refractivity contribution in [2.75, 3.05) is 26.7 Å². The molecule has 0 radical (unpaired) electrons. The van der Waals surface area contributed by atoms with E-state index in [4.69, 9.17) is 4.52 Å². The fourth-order valence-corrected chi connectivity index (χ4v) is 4.33. The molecule has 0 saturated carbocycles. The van der Waals surface area contributed by atoms with Gasteiger partial charge in [-0.15, -0.1) is 11.3 Å². The Balaban J connectivity index is 1.47. The number of thiophene rings is 1. The first-order valence-electron chi connectivity index (χ1n) is 8.92. The SMILES string of the molecule is Cc1nn(C)c2sc(C(=O)NC(C)c3nc(C4CNCCN4C)no3)cc12. The second kappa shape index (κ2) is 7.02. The number of aryl methyl sites for hydroxylation is 2. The standard InChI is InChI=1S/C17H23N7O2S/c1-9-11-7-13(27-17(11)24(4)21-9)15(25)19-10(2)16-20-14(22-26-16)12-8-18-5-6-23(12)3/h7,10,12,18H,5-6,8H2,1-4H3,(H,19,25). The fourth-order valence-electron chi connectivity index (χ4n) is 3.30. The van der Waals surface area contributed by atoms with Gasteiger partial charge < -0.3 is 15.2 Å². The lowest BCUT2D eigenvalue weighted by Gasteiger charge is -2.30. The smallest absolute Gasteiger partial charge is 0.262 e. The minimum absolute atomic E-state index is 0.0808. The zero-order valence-corrected chi connectivity index (χ0v) is 16.6. The average Bonchev–Trinajstić information content (AvgIpc) is 3.34. The maximum atomic E-state index is 12.6. The molecule has 3 aromatic heterocycles.